The van der Waals surface area contributed by atoms with Crippen molar-refractivity contribution < 1.29 is 24.1 Å². The summed E-state index contributed by atoms with van der Waals surface area (Å²) in [5, 5.41) is 14.4. The molecule has 0 bridgehead atoms. The number of hydrogen-bond donors (Lipinski definition) is 2. The zero-order valence-electron chi connectivity index (χ0n) is 17.0. The summed E-state index contributed by atoms with van der Waals surface area (Å²) in [7, 11) is 0. The minimum absolute atomic E-state index is 0. The SMILES string of the molecule is CCOC(=O)C1COc2cc(C(CC)NCC(O)c3cccc(Cl)c3)ccc2O1.Cl. The number of aliphatic hydroxyl groups is 1. The summed E-state index contributed by atoms with van der Waals surface area (Å²) >= 11 is 6.00. The van der Waals surface area contributed by atoms with Crippen LogP contribution in [-0.4, -0.2) is 36.9 Å². The highest BCUT2D eigenvalue weighted by Gasteiger charge is 2.29. The zero-order chi connectivity index (χ0) is 20.8. The van der Waals surface area contributed by atoms with E-state index in [1.165, 1.54) is 0 Å². The van der Waals surface area contributed by atoms with E-state index in [1.807, 2.05) is 24.3 Å². The van der Waals surface area contributed by atoms with Gasteiger partial charge in [-0.25, -0.2) is 4.79 Å². The molecule has 2 N–H and O–H groups in total. The van der Waals surface area contributed by atoms with Crippen LogP contribution in [0.25, 0.3) is 0 Å². The fraction of sp³-hybridized carbons (Fsp3) is 0.409. The Labute approximate surface area is 187 Å². The van der Waals surface area contributed by atoms with Gasteiger partial charge in [0.25, 0.3) is 0 Å². The lowest BCUT2D eigenvalue weighted by Crippen LogP contribution is -2.38. The summed E-state index contributed by atoms with van der Waals surface area (Å²) < 4.78 is 16.4. The number of aliphatic hydroxyl groups excluding tert-OH is 1. The molecule has 0 aromatic heterocycles. The second-order valence-corrected chi connectivity index (χ2v) is 7.25. The van der Waals surface area contributed by atoms with E-state index in [2.05, 4.69) is 12.2 Å². The Balaban J connectivity index is 0.00000320. The highest BCUT2D eigenvalue weighted by molar-refractivity contribution is 6.30. The maximum atomic E-state index is 11.8. The zero-order valence-corrected chi connectivity index (χ0v) is 18.5. The van der Waals surface area contributed by atoms with Gasteiger partial charge in [0.1, 0.15) is 6.61 Å². The van der Waals surface area contributed by atoms with Crippen molar-refractivity contribution in [1.82, 2.24) is 5.32 Å². The molecule has 0 amide bonds. The summed E-state index contributed by atoms with van der Waals surface area (Å²) in [4.78, 5) is 11.8. The van der Waals surface area contributed by atoms with Crippen LogP contribution in [0.4, 0.5) is 0 Å². The molecular weight excluding hydrogens is 429 g/mol. The van der Waals surface area contributed by atoms with Crippen LogP contribution in [-0.2, 0) is 9.53 Å². The number of esters is 1. The topological polar surface area (TPSA) is 77.0 Å². The molecule has 1 aliphatic rings. The van der Waals surface area contributed by atoms with Gasteiger partial charge in [0.2, 0.25) is 6.10 Å². The van der Waals surface area contributed by atoms with Crippen molar-refractivity contribution in [2.24, 2.45) is 0 Å². The third-order valence-corrected chi connectivity index (χ3v) is 5.01. The summed E-state index contributed by atoms with van der Waals surface area (Å²) in [6, 6.07) is 12.9. The van der Waals surface area contributed by atoms with Gasteiger partial charge in [-0.1, -0.05) is 36.7 Å². The van der Waals surface area contributed by atoms with Crippen LogP contribution in [0.2, 0.25) is 5.02 Å². The van der Waals surface area contributed by atoms with Crippen LogP contribution in [0.15, 0.2) is 42.5 Å². The lowest BCUT2D eigenvalue weighted by molar-refractivity contribution is -0.153. The smallest absolute Gasteiger partial charge is 0.350 e. The second-order valence-electron chi connectivity index (χ2n) is 6.82. The van der Waals surface area contributed by atoms with E-state index >= 15 is 0 Å². The molecule has 3 atom stereocenters. The number of ether oxygens (including phenoxy) is 3. The van der Waals surface area contributed by atoms with Gasteiger partial charge in [-0.15, -0.1) is 12.4 Å². The van der Waals surface area contributed by atoms with E-state index in [0.717, 1.165) is 17.5 Å². The summed E-state index contributed by atoms with van der Waals surface area (Å²) in [5.41, 5.74) is 1.79. The molecule has 2 aromatic rings. The normalized spacial score (nSPS) is 16.9. The molecule has 8 heteroatoms. The van der Waals surface area contributed by atoms with Crippen LogP contribution < -0.4 is 14.8 Å². The number of hydrogen-bond acceptors (Lipinski definition) is 6. The molecule has 0 spiro atoms. The van der Waals surface area contributed by atoms with Crippen LogP contribution in [0.5, 0.6) is 11.5 Å². The Morgan fingerprint density at radius 2 is 2.03 bits per heavy atom. The molecule has 0 saturated heterocycles. The van der Waals surface area contributed by atoms with E-state index in [4.69, 9.17) is 25.8 Å². The molecule has 0 fully saturated rings. The first-order valence-corrected chi connectivity index (χ1v) is 10.2. The molecule has 0 aliphatic carbocycles. The Kier molecular flexibility index (Phi) is 9.24. The van der Waals surface area contributed by atoms with Crippen molar-refractivity contribution in [2.75, 3.05) is 19.8 Å². The largest absolute Gasteiger partial charge is 0.485 e. The van der Waals surface area contributed by atoms with Gasteiger partial charge in [0, 0.05) is 17.6 Å². The average molecular weight is 456 g/mol. The second kappa shape index (κ2) is 11.4. The highest BCUT2D eigenvalue weighted by atomic mass is 35.5. The minimum Gasteiger partial charge on any atom is -0.485 e. The standard InChI is InChI=1S/C22H26ClNO5.ClH/c1-3-17(24-12-18(25)15-6-5-7-16(23)10-15)14-8-9-19-20(11-14)28-13-21(29-19)22(26)27-4-2;/h5-11,17-18,21,24-25H,3-4,12-13H2,1-2H3;1H. The van der Waals surface area contributed by atoms with Gasteiger partial charge in [-0.3, -0.25) is 0 Å². The van der Waals surface area contributed by atoms with Crippen molar-refractivity contribution in [3.8, 4) is 11.5 Å². The first-order chi connectivity index (χ1) is 14.0. The third-order valence-electron chi connectivity index (χ3n) is 4.78. The predicted molar refractivity (Wildman–Crippen MR) is 118 cm³/mol. The molecule has 1 heterocycles. The van der Waals surface area contributed by atoms with E-state index in [1.54, 1.807) is 25.1 Å². The van der Waals surface area contributed by atoms with Gasteiger partial charge in [-0.2, -0.15) is 0 Å². The number of halogens is 2. The van der Waals surface area contributed by atoms with Crippen LogP contribution in [0.1, 0.15) is 43.5 Å². The summed E-state index contributed by atoms with van der Waals surface area (Å²) in [6.07, 6.45) is -0.584. The van der Waals surface area contributed by atoms with Crippen molar-refractivity contribution >= 4 is 30.0 Å². The lowest BCUT2D eigenvalue weighted by Gasteiger charge is -2.27. The molecule has 3 unspecified atom stereocenters. The van der Waals surface area contributed by atoms with Gasteiger partial charge in [0.15, 0.2) is 11.5 Å². The number of rotatable bonds is 8. The average Bonchev–Trinajstić information content (AvgIpc) is 2.73. The fourth-order valence-corrected chi connectivity index (χ4v) is 3.44. The predicted octanol–water partition coefficient (Wildman–Crippen LogP) is 4.24. The Hall–Kier alpha value is -1.99. The van der Waals surface area contributed by atoms with E-state index < -0.39 is 18.2 Å². The number of nitrogens with one attached hydrogen (secondary N) is 1. The summed E-state index contributed by atoms with van der Waals surface area (Å²) in [5.74, 6) is 0.691. The molecule has 2 aromatic carbocycles. The first-order valence-electron chi connectivity index (χ1n) is 9.78. The molecule has 0 radical (unpaired) electrons. The maximum Gasteiger partial charge on any atom is 0.350 e. The van der Waals surface area contributed by atoms with Crippen LogP contribution in [0, 0.1) is 0 Å². The van der Waals surface area contributed by atoms with Crippen LogP contribution >= 0.6 is 24.0 Å². The molecule has 6 nitrogen and oxygen atoms in total. The number of benzene rings is 2. The van der Waals surface area contributed by atoms with Crippen molar-refractivity contribution in [1.29, 1.82) is 0 Å². The molecule has 164 valence electrons. The molecular formula is C22H27Cl2NO5. The highest BCUT2D eigenvalue weighted by Crippen LogP contribution is 2.35. The summed E-state index contributed by atoms with van der Waals surface area (Å²) in [6.45, 7) is 4.63. The fourth-order valence-electron chi connectivity index (χ4n) is 3.24. The Bertz CT molecular complexity index is 848. The maximum absolute atomic E-state index is 11.8. The first kappa shape index (κ1) is 24.3. The molecule has 1 aliphatic heterocycles. The van der Waals surface area contributed by atoms with Crippen molar-refractivity contribution in [3.05, 3.63) is 58.6 Å². The number of carbonyl (C=O) groups is 1. The van der Waals surface area contributed by atoms with Crippen LogP contribution in [0.3, 0.4) is 0 Å². The van der Waals surface area contributed by atoms with E-state index in [-0.39, 0.29) is 25.1 Å². The van der Waals surface area contributed by atoms with Crippen molar-refractivity contribution in [2.45, 2.75) is 38.5 Å². The van der Waals surface area contributed by atoms with Gasteiger partial charge in [-0.05, 0) is 48.7 Å². The Morgan fingerprint density at radius 1 is 1.23 bits per heavy atom. The van der Waals surface area contributed by atoms with E-state index in [9.17, 15) is 9.90 Å². The lowest BCUT2D eigenvalue weighted by atomic mass is 10.0. The third kappa shape index (κ3) is 6.01. The molecule has 0 saturated carbocycles. The van der Waals surface area contributed by atoms with Gasteiger partial charge in [0.05, 0.1) is 12.7 Å². The molecule has 3 rings (SSSR count). The van der Waals surface area contributed by atoms with Gasteiger partial charge < -0.3 is 24.6 Å². The molecule has 30 heavy (non-hydrogen) atoms. The quantitative estimate of drug-likeness (QED) is 0.579. The minimum atomic E-state index is -0.749. The van der Waals surface area contributed by atoms with E-state index in [0.29, 0.717) is 29.7 Å². The monoisotopic (exact) mass is 455 g/mol. The number of fused-ring (bicyclic) bond motifs is 1. The van der Waals surface area contributed by atoms with Crippen molar-refractivity contribution in [3.63, 3.8) is 0 Å². The number of carbonyl (C=O) groups excluding carboxylic acids is 1. The van der Waals surface area contributed by atoms with Gasteiger partial charge >= 0.3 is 5.97 Å². The Morgan fingerprint density at radius 3 is 2.73 bits per heavy atom.